The van der Waals surface area contributed by atoms with Crippen molar-refractivity contribution in [2.45, 2.75) is 63.1 Å². The molecule has 0 radical (unpaired) electrons. The largest absolute Gasteiger partial charge is 0.415 e. The van der Waals surface area contributed by atoms with Crippen LogP contribution < -0.4 is 27.8 Å². The van der Waals surface area contributed by atoms with E-state index < -0.39 is 36.1 Å². The third kappa shape index (κ3) is 7.40. The zero-order valence-corrected chi connectivity index (χ0v) is 16.3. The van der Waals surface area contributed by atoms with Crippen molar-refractivity contribution in [1.82, 2.24) is 20.8 Å². The standard InChI is InChI=1S/C17H29N7O5/c18-8-2-1-4-10(19)14-23-15(29-24-14)11(6-7-13(20)25)22-17(27)28-16(26)12-5-3-9-21-12/h10-12,21H,1-9,18-19H2,(H2,20,25)(H,22,27)/t10-,11-,12-/m0/s1. The fourth-order valence-corrected chi connectivity index (χ4v) is 2.94. The molecular weight excluding hydrogens is 382 g/mol. The molecule has 2 amide bonds. The van der Waals surface area contributed by atoms with Crippen LogP contribution >= 0.6 is 0 Å². The number of nitrogens with two attached hydrogens (primary N) is 3. The van der Waals surface area contributed by atoms with E-state index in [4.69, 9.17) is 26.5 Å². The van der Waals surface area contributed by atoms with Gasteiger partial charge in [0.05, 0.1) is 6.04 Å². The summed E-state index contributed by atoms with van der Waals surface area (Å²) >= 11 is 0. The van der Waals surface area contributed by atoms with E-state index in [1.807, 2.05) is 0 Å². The molecule has 0 bridgehead atoms. The Balaban J connectivity index is 1.98. The highest BCUT2D eigenvalue weighted by atomic mass is 16.6. The molecule has 1 aromatic rings. The zero-order valence-electron chi connectivity index (χ0n) is 16.3. The highest BCUT2D eigenvalue weighted by Crippen LogP contribution is 2.20. The summed E-state index contributed by atoms with van der Waals surface area (Å²) in [5, 5.41) is 9.27. The smallest absolute Gasteiger partial charge is 0.375 e. The highest BCUT2D eigenvalue weighted by molar-refractivity contribution is 5.88. The number of esters is 1. The summed E-state index contributed by atoms with van der Waals surface area (Å²) in [6.07, 6.45) is 2.80. The molecule has 12 heteroatoms. The van der Waals surface area contributed by atoms with Gasteiger partial charge >= 0.3 is 12.1 Å². The number of rotatable bonds is 11. The number of hydrogen-bond donors (Lipinski definition) is 5. The van der Waals surface area contributed by atoms with Crippen molar-refractivity contribution in [2.75, 3.05) is 13.1 Å². The molecule has 162 valence electrons. The number of nitrogens with one attached hydrogen (secondary N) is 2. The Morgan fingerprint density at radius 3 is 2.76 bits per heavy atom. The van der Waals surface area contributed by atoms with Gasteiger partial charge in [0, 0.05) is 6.42 Å². The van der Waals surface area contributed by atoms with Crippen molar-refractivity contribution in [3.63, 3.8) is 0 Å². The van der Waals surface area contributed by atoms with Gasteiger partial charge in [0.1, 0.15) is 12.1 Å². The summed E-state index contributed by atoms with van der Waals surface area (Å²) < 4.78 is 10.0. The Bertz CT molecular complexity index is 689. The highest BCUT2D eigenvalue weighted by Gasteiger charge is 2.28. The molecule has 0 unspecified atom stereocenters. The predicted molar refractivity (Wildman–Crippen MR) is 101 cm³/mol. The number of alkyl carbamates (subject to hydrolysis) is 1. The molecule has 1 aliphatic heterocycles. The molecule has 1 aliphatic rings. The zero-order chi connectivity index (χ0) is 21.2. The number of primary amides is 1. The van der Waals surface area contributed by atoms with E-state index in [1.165, 1.54) is 0 Å². The van der Waals surface area contributed by atoms with Crippen molar-refractivity contribution in [2.24, 2.45) is 17.2 Å². The van der Waals surface area contributed by atoms with Crippen molar-refractivity contribution in [3.05, 3.63) is 11.7 Å². The van der Waals surface area contributed by atoms with Crippen LogP contribution in [0.15, 0.2) is 4.52 Å². The number of nitrogens with zero attached hydrogens (tertiary/aromatic N) is 2. The van der Waals surface area contributed by atoms with Gasteiger partial charge in [-0.15, -0.1) is 0 Å². The second-order valence-electron chi connectivity index (χ2n) is 6.94. The van der Waals surface area contributed by atoms with Gasteiger partial charge in [-0.3, -0.25) is 4.79 Å². The van der Waals surface area contributed by atoms with Gasteiger partial charge in [-0.05, 0) is 45.2 Å². The number of unbranched alkanes of at least 4 members (excludes halogenated alkanes) is 1. The van der Waals surface area contributed by atoms with Gasteiger partial charge < -0.3 is 37.1 Å². The first kappa shape index (κ1) is 22.7. The lowest BCUT2D eigenvalue weighted by molar-refractivity contribution is -0.139. The number of carbonyl (C=O) groups excluding carboxylic acids is 3. The van der Waals surface area contributed by atoms with Crippen molar-refractivity contribution < 1.29 is 23.6 Å². The third-order valence-electron chi connectivity index (χ3n) is 4.57. The molecule has 1 saturated heterocycles. The van der Waals surface area contributed by atoms with Gasteiger partial charge in [-0.25, -0.2) is 9.59 Å². The van der Waals surface area contributed by atoms with E-state index in [0.717, 1.165) is 19.3 Å². The topological polar surface area (TPSA) is 201 Å². The molecule has 0 saturated carbocycles. The van der Waals surface area contributed by atoms with Gasteiger partial charge in [0.15, 0.2) is 5.82 Å². The predicted octanol–water partition coefficient (Wildman–Crippen LogP) is -0.490. The fraction of sp³-hybridized carbons (Fsp3) is 0.706. The minimum Gasteiger partial charge on any atom is -0.375 e. The van der Waals surface area contributed by atoms with Gasteiger partial charge in [0.2, 0.25) is 11.8 Å². The number of hydrogen-bond acceptors (Lipinski definition) is 10. The first-order valence-electron chi connectivity index (χ1n) is 9.73. The second-order valence-corrected chi connectivity index (χ2v) is 6.94. The lowest BCUT2D eigenvalue weighted by atomic mass is 10.1. The molecule has 0 aromatic carbocycles. The average Bonchev–Trinajstić information content (AvgIpc) is 3.37. The first-order chi connectivity index (χ1) is 13.9. The van der Waals surface area contributed by atoms with Crippen LogP contribution in [0.25, 0.3) is 0 Å². The Morgan fingerprint density at radius 1 is 1.31 bits per heavy atom. The second kappa shape index (κ2) is 11.4. The Kier molecular flexibility index (Phi) is 8.96. The molecule has 8 N–H and O–H groups in total. The van der Waals surface area contributed by atoms with Crippen LogP contribution in [0.3, 0.4) is 0 Å². The molecule has 2 heterocycles. The van der Waals surface area contributed by atoms with Gasteiger partial charge in [-0.1, -0.05) is 11.6 Å². The molecule has 2 rings (SSSR count). The minimum atomic E-state index is -0.967. The summed E-state index contributed by atoms with van der Waals surface area (Å²) in [5.41, 5.74) is 16.7. The summed E-state index contributed by atoms with van der Waals surface area (Å²) in [7, 11) is 0. The molecular formula is C17H29N7O5. The van der Waals surface area contributed by atoms with Crippen LogP contribution in [-0.4, -0.2) is 47.2 Å². The quantitative estimate of drug-likeness (QED) is 0.180. The van der Waals surface area contributed by atoms with E-state index in [0.29, 0.717) is 25.9 Å². The Labute approximate surface area is 168 Å². The van der Waals surface area contributed by atoms with E-state index in [1.54, 1.807) is 0 Å². The van der Waals surface area contributed by atoms with Crippen LogP contribution in [0.4, 0.5) is 4.79 Å². The molecule has 1 aromatic heterocycles. The lowest BCUT2D eigenvalue weighted by Crippen LogP contribution is -2.38. The van der Waals surface area contributed by atoms with Crippen LogP contribution in [0.2, 0.25) is 0 Å². The average molecular weight is 411 g/mol. The maximum absolute atomic E-state index is 12.1. The van der Waals surface area contributed by atoms with E-state index in [2.05, 4.69) is 20.8 Å². The number of amides is 2. The normalized spacial score (nSPS) is 18.2. The fourth-order valence-electron chi connectivity index (χ4n) is 2.94. The molecule has 0 aliphatic carbocycles. The molecule has 3 atom stereocenters. The summed E-state index contributed by atoms with van der Waals surface area (Å²) in [5.74, 6) is -0.891. The van der Waals surface area contributed by atoms with E-state index in [9.17, 15) is 14.4 Å². The Hall–Kier alpha value is -2.57. The molecule has 29 heavy (non-hydrogen) atoms. The summed E-state index contributed by atoms with van der Waals surface area (Å²) in [6, 6.07) is -1.80. The maximum atomic E-state index is 12.1. The number of ether oxygens (including phenoxy) is 1. The molecule has 12 nitrogen and oxygen atoms in total. The number of carbonyl (C=O) groups is 3. The van der Waals surface area contributed by atoms with Crippen LogP contribution in [0.5, 0.6) is 0 Å². The van der Waals surface area contributed by atoms with Gasteiger partial charge in [-0.2, -0.15) is 4.98 Å². The van der Waals surface area contributed by atoms with Crippen molar-refractivity contribution >= 4 is 18.0 Å². The minimum absolute atomic E-state index is 0.0384. The third-order valence-corrected chi connectivity index (χ3v) is 4.57. The monoisotopic (exact) mass is 411 g/mol. The van der Waals surface area contributed by atoms with Crippen LogP contribution in [-0.2, 0) is 14.3 Å². The summed E-state index contributed by atoms with van der Waals surface area (Å²) in [6.45, 7) is 1.26. The van der Waals surface area contributed by atoms with Crippen LogP contribution in [0, 0.1) is 0 Å². The van der Waals surface area contributed by atoms with Crippen molar-refractivity contribution in [1.29, 1.82) is 0 Å². The van der Waals surface area contributed by atoms with E-state index >= 15 is 0 Å². The first-order valence-corrected chi connectivity index (χ1v) is 9.73. The number of aromatic nitrogens is 2. The van der Waals surface area contributed by atoms with Crippen LogP contribution in [0.1, 0.15) is 68.7 Å². The summed E-state index contributed by atoms with van der Waals surface area (Å²) in [4.78, 5) is 39.5. The lowest BCUT2D eigenvalue weighted by Gasteiger charge is -2.15. The van der Waals surface area contributed by atoms with Crippen molar-refractivity contribution in [3.8, 4) is 0 Å². The maximum Gasteiger partial charge on any atom is 0.415 e. The van der Waals surface area contributed by atoms with Gasteiger partial charge in [0.25, 0.3) is 0 Å². The SMILES string of the molecule is NCCCC[C@H](N)c1noc([C@H](CCC(N)=O)NC(=O)OC(=O)[C@@H]2CCCN2)n1. The van der Waals surface area contributed by atoms with E-state index in [-0.39, 0.29) is 24.6 Å². The molecule has 1 fully saturated rings. The Morgan fingerprint density at radius 2 is 2.10 bits per heavy atom. The molecule has 0 spiro atoms.